The Bertz CT molecular complexity index is 366. The van der Waals surface area contributed by atoms with Gasteiger partial charge in [-0.25, -0.2) is 0 Å². The van der Waals surface area contributed by atoms with Crippen molar-refractivity contribution in [2.24, 2.45) is 5.41 Å². The topological polar surface area (TPSA) is 29.9 Å². The number of aromatic nitrogens is 2. The van der Waals surface area contributed by atoms with E-state index in [0.29, 0.717) is 11.5 Å². The summed E-state index contributed by atoms with van der Waals surface area (Å²) in [5.41, 5.74) is 1.80. The van der Waals surface area contributed by atoms with Gasteiger partial charge in [0.25, 0.3) is 0 Å². The minimum Gasteiger partial charge on any atom is -0.311 e. The van der Waals surface area contributed by atoms with E-state index >= 15 is 0 Å². The quantitative estimate of drug-likeness (QED) is 0.764. The Balaban J connectivity index is 1.75. The summed E-state index contributed by atoms with van der Waals surface area (Å²) in [4.78, 5) is 0. The monoisotopic (exact) mass is 249 g/mol. The Kier molecular flexibility index (Phi) is 4.44. The third-order valence-electron chi connectivity index (χ3n) is 4.25. The Morgan fingerprint density at radius 1 is 1.44 bits per heavy atom. The number of hydrogen-bond acceptors (Lipinski definition) is 2. The van der Waals surface area contributed by atoms with Gasteiger partial charge in [0.1, 0.15) is 0 Å². The summed E-state index contributed by atoms with van der Waals surface area (Å²) in [6, 6.07) is 2.65. The first-order valence-electron chi connectivity index (χ1n) is 7.44. The van der Waals surface area contributed by atoms with Crippen LogP contribution in [0.3, 0.4) is 0 Å². The van der Waals surface area contributed by atoms with Crippen LogP contribution >= 0.6 is 0 Å². The van der Waals surface area contributed by atoms with Crippen molar-refractivity contribution in [3.63, 3.8) is 0 Å². The molecule has 0 amide bonds. The lowest BCUT2D eigenvalue weighted by Crippen LogP contribution is -2.23. The van der Waals surface area contributed by atoms with Gasteiger partial charge in [-0.15, -0.1) is 0 Å². The van der Waals surface area contributed by atoms with Crippen molar-refractivity contribution in [1.82, 2.24) is 15.1 Å². The molecular formula is C15H27N3. The minimum atomic E-state index is 0.508. The van der Waals surface area contributed by atoms with Crippen LogP contribution in [0.15, 0.2) is 12.3 Å². The lowest BCUT2D eigenvalue weighted by molar-refractivity contribution is 0.416. The van der Waals surface area contributed by atoms with E-state index in [1.165, 1.54) is 31.4 Å². The highest BCUT2D eigenvalue weighted by molar-refractivity contribution is 5.00. The Morgan fingerprint density at radius 2 is 2.22 bits per heavy atom. The highest BCUT2D eigenvalue weighted by Gasteiger charge is 2.40. The second-order valence-electron chi connectivity index (χ2n) is 5.90. The fraction of sp³-hybridized carbons (Fsp3) is 0.800. The molecule has 0 aromatic carbocycles. The molecule has 102 valence electrons. The molecule has 0 bridgehead atoms. The van der Waals surface area contributed by atoms with E-state index in [1.54, 1.807) is 0 Å². The maximum absolute atomic E-state index is 4.62. The first kappa shape index (κ1) is 13.6. The molecule has 3 nitrogen and oxygen atoms in total. The second-order valence-corrected chi connectivity index (χ2v) is 5.90. The fourth-order valence-corrected chi connectivity index (χ4v) is 2.58. The average Bonchev–Trinajstić information content (AvgIpc) is 2.96. The predicted molar refractivity (Wildman–Crippen MR) is 75.5 cm³/mol. The van der Waals surface area contributed by atoms with Crippen molar-refractivity contribution in [1.29, 1.82) is 0 Å². The van der Waals surface area contributed by atoms with Gasteiger partial charge < -0.3 is 5.32 Å². The SMILES string of the molecule is CCCC1(CNCc2ccn(C(C)CC)n2)CC1. The zero-order valence-corrected chi connectivity index (χ0v) is 12.1. The summed E-state index contributed by atoms with van der Waals surface area (Å²) in [5, 5.41) is 8.20. The normalized spacial score (nSPS) is 18.8. The van der Waals surface area contributed by atoms with Crippen LogP contribution in [0.1, 0.15) is 64.6 Å². The summed E-state index contributed by atoms with van der Waals surface area (Å²) >= 11 is 0. The van der Waals surface area contributed by atoms with E-state index in [1.807, 2.05) is 0 Å². The molecule has 1 heterocycles. The van der Waals surface area contributed by atoms with Crippen LogP contribution in [0.25, 0.3) is 0 Å². The summed E-state index contributed by atoms with van der Waals surface area (Å²) in [7, 11) is 0. The number of hydrogen-bond donors (Lipinski definition) is 1. The number of rotatable bonds is 8. The fourth-order valence-electron chi connectivity index (χ4n) is 2.58. The Labute approximate surface area is 111 Å². The first-order chi connectivity index (χ1) is 8.69. The molecular weight excluding hydrogens is 222 g/mol. The first-order valence-corrected chi connectivity index (χ1v) is 7.44. The molecule has 0 spiro atoms. The zero-order chi connectivity index (χ0) is 13.0. The molecule has 0 radical (unpaired) electrons. The Hall–Kier alpha value is -0.830. The second kappa shape index (κ2) is 5.87. The molecule has 1 fully saturated rings. The molecule has 1 saturated carbocycles. The third kappa shape index (κ3) is 3.35. The van der Waals surface area contributed by atoms with Crippen LogP contribution in [-0.2, 0) is 6.54 Å². The van der Waals surface area contributed by atoms with Crippen molar-refractivity contribution in [2.45, 2.75) is 65.5 Å². The maximum atomic E-state index is 4.62. The summed E-state index contributed by atoms with van der Waals surface area (Å²) in [6.07, 6.45) is 8.74. The van der Waals surface area contributed by atoms with Gasteiger partial charge >= 0.3 is 0 Å². The lowest BCUT2D eigenvalue weighted by Gasteiger charge is -2.14. The molecule has 1 unspecified atom stereocenters. The Morgan fingerprint density at radius 3 is 2.83 bits per heavy atom. The highest BCUT2D eigenvalue weighted by Crippen LogP contribution is 2.48. The summed E-state index contributed by atoms with van der Waals surface area (Å²) in [5.74, 6) is 0. The van der Waals surface area contributed by atoms with E-state index in [9.17, 15) is 0 Å². The van der Waals surface area contributed by atoms with Gasteiger partial charge in [0.05, 0.1) is 5.69 Å². The molecule has 3 heteroatoms. The van der Waals surface area contributed by atoms with Gasteiger partial charge in [-0.05, 0) is 44.1 Å². The molecule has 0 aliphatic heterocycles. The van der Waals surface area contributed by atoms with Crippen molar-refractivity contribution < 1.29 is 0 Å². The molecule has 1 aromatic heterocycles. The lowest BCUT2D eigenvalue weighted by atomic mass is 10.0. The van der Waals surface area contributed by atoms with Gasteiger partial charge in [-0.1, -0.05) is 20.3 Å². The van der Waals surface area contributed by atoms with Gasteiger partial charge in [0.2, 0.25) is 0 Å². The van der Waals surface area contributed by atoms with E-state index in [2.05, 4.69) is 48.1 Å². The van der Waals surface area contributed by atoms with Crippen molar-refractivity contribution in [3.05, 3.63) is 18.0 Å². The van der Waals surface area contributed by atoms with Crippen LogP contribution in [0.2, 0.25) is 0 Å². The maximum Gasteiger partial charge on any atom is 0.0762 e. The number of nitrogens with one attached hydrogen (secondary N) is 1. The molecule has 18 heavy (non-hydrogen) atoms. The molecule has 1 aliphatic carbocycles. The van der Waals surface area contributed by atoms with Crippen molar-refractivity contribution >= 4 is 0 Å². The smallest absolute Gasteiger partial charge is 0.0762 e. The molecule has 1 aromatic rings. The van der Waals surface area contributed by atoms with Crippen LogP contribution < -0.4 is 5.32 Å². The summed E-state index contributed by atoms with van der Waals surface area (Å²) in [6.45, 7) is 8.77. The van der Waals surface area contributed by atoms with Gasteiger partial charge in [-0.2, -0.15) is 5.10 Å². The van der Waals surface area contributed by atoms with Gasteiger partial charge in [0, 0.05) is 25.3 Å². The van der Waals surface area contributed by atoms with E-state index in [-0.39, 0.29) is 0 Å². The highest BCUT2D eigenvalue weighted by atomic mass is 15.3. The third-order valence-corrected chi connectivity index (χ3v) is 4.25. The molecule has 1 atom stereocenters. The number of nitrogens with zero attached hydrogens (tertiary/aromatic N) is 2. The van der Waals surface area contributed by atoms with E-state index in [0.717, 1.165) is 19.5 Å². The summed E-state index contributed by atoms with van der Waals surface area (Å²) < 4.78 is 2.08. The van der Waals surface area contributed by atoms with Crippen molar-refractivity contribution in [2.75, 3.05) is 6.54 Å². The average molecular weight is 249 g/mol. The minimum absolute atomic E-state index is 0.508. The van der Waals surface area contributed by atoms with Crippen molar-refractivity contribution in [3.8, 4) is 0 Å². The van der Waals surface area contributed by atoms with Crippen LogP contribution in [0.4, 0.5) is 0 Å². The van der Waals surface area contributed by atoms with Gasteiger partial charge in [0.15, 0.2) is 0 Å². The molecule has 1 aliphatic rings. The molecule has 2 rings (SSSR count). The van der Waals surface area contributed by atoms with E-state index < -0.39 is 0 Å². The van der Waals surface area contributed by atoms with Gasteiger partial charge in [-0.3, -0.25) is 4.68 Å². The molecule has 1 N–H and O–H groups in total. The zero-order valence-electron chi connectivity index (χ0n) is 12.1. The van der Waals surface area contributed by atoms with Crippen LogP contribution in [0, 0.1) is 5.41 Å². The van der Waals surface area contributed by atoms with Crippen LogP contribution in [0.5, 0.6) is 0 Å². The molecule has 0 saturated heterocycles. The van der Waals surface area contributed by atoms with Crippen LogP contribution in [-0.4, -0.2) is 16.3 Å². The largest absolute Gasteiger partial charge is 0.311 e. The van der Waals surface area contributed by atoms with E-state index in [4.69, 9.17) is 0 Å². The standard InChI is InChI=1S/C15H27N3/c1-4-7-15(8-9-15)12-16-11-14-6-10-18(17-14)13(3)5-2/h6,10,13,16H,4-5,7-9,11-12H2,1-3H3. The predicted octanol–water partition coefficient (Wildman–Crippen LogP) is 3.52.